The van der Waals surface area contributed by atoms with Crippen LogP contribution in [0.2, 0.25) is 0 Å². The monoisotopic (exact) mass is 267 g/mol. The number of carbonyl (C=O) groups is 1. The highest BCUT2D eigenvalue weighted by atomic mass is 16.5. The summed E-state index contributed by atoms with van der Waals surface area (Å²) < 4.78 is 4.94. The van der Waals surface area contributed by atoms with Gasteiger partial charge in [0, 0.05) is 12.1 Å². The van der Waals surface area contributed by atoms with E-state index in [0.717, 1.165) is 12.1 Å². The molecule has 0 bridgehead atoms. The number of hydrogen-bond donors (Lipinski definition) is 1. The van der Waals surface area contributed by atoms with E-state index in [-0.39, 0.29) is 12.5 Å². The zero-order chi connectivity index (χ0) is 13.9. The lowest BCUT2D eigenvalue weighted by atomic mass is 10.1. The number of nitrogens with one attached hydrogen (secondary N) is 1. The molecule has 0 aliphatic heterocycles. The maximum atomic E-state index is 11.5. The Hall–Kier alpha value is -2.29. The molecule has 2 aromatic carbocycles. The summed E-state index contributed by atoms with van der Waals surface area (Å²) in [6, 6.07) is 14.6. The van der Waals surface area contributed by atoms with Crippen LogP contribution in [0.3, 0.4) is 0 Å². The van der Waals surface area contributed by atoms with Gasteiger partial charge in [0.15, 0.2) is 0 Å². The lowest BCUT2D eigenvalue weighted by Gasteiger charge is -2.10. The molecule has 1 aliphatic carbocycles. The number of fused-ring (bicyclic) bond motifs is 3. The first-order valence-electron chi connectivity index (χ1n) is 6.89. The third kappa shape index (κ3) is 2.27. The van der Waals surface area contributed by atoms with Gasteiger partial charge in [-0.1, -0.05) is 36.4 Å². The van der Waals surface area contributed by atoms with Crippen LogP contribution >= 0.6 is 0 Å². The van der Waals surface area contributed by atoms with Gasteiger partial charge < -0.3 is 10.1 Å². The first-order chi connectivity index (χ1) is 9.79. The fourth-order valence-electron chi connectivity index (χ4n) is 2.70. The van der Waals surface area contributed by atoms with Crippen molar-refractivity contribution in [2.45, 2.75) is 13.3 Å². The van der Waals surface area contributed by atoms with Gasteiger partial charge in [0.1, 0.15) is 6.54 Å². The number of anilines is 1. The lowest BCUT2D eigenvalue weighted by molar-refractivity contribution is -0.140. The predicted octanol–water partition coefficient (Wildman–Crippen LogP) is 3.23. The average molecular weight is 267 g/mol. The van der Waals surface area contributed by atoms with Gasteiger partial charge in [-0.2, -0.15) is 0 Å². The molecular formula is C17H17NO2. The minimum Gasteiger partial charge on any atom is -0.465 e. The maximum Gasteiger partial charge on any atom is 0.325 e. The van der Waals surface area contributed by atoms with Crippen LogP contribution in [0.25, 0.3) is 11.1 Å². The van der Waals surface area contributed by atoms with Crippen LogP contribution in [0, 0.1) is 0 Å². The highest BCUT2D eigenvalue weighted by Crippen LogP contribution is 2.39. The fraction of sp³-hybridized carbons (Fsp3) is 0.235. The van der Waals surface area contributed by atoms with E-state index in [2.05, 4.69) is 35.6 Å². The van der Waals surface area contributed by atoms with Crippen molar-refractivity contribution in [1.29, 1.82) is 0 Å². The maximum absolute atomic E-state index is 11.5. The Morgan fingerprint density at radius 2 is 1.95 bits per heavy atom. The Bertz CT molecular complexity index is 649. The molecule has 0 saturated carbocycles. The molecule has 2 aromatic rings. The van der Waals surface area contributed by atoms with Crippen molar-refractivity contribution in [3.05, 3.63) is 53.6 Å². The number of benzene rings is 2. The summed E-state index contributed by atoms with van der Waals surface area (Å²) in [7, 11) is 0. The van der Waals surface area contributed by atoms with Gasteiger partial charge in [-0.15, -0.1) is 0 Å². The minimum absolute atomic E-state index is 0.209. The number of ether oxygens (including phenoxy) is 1. The molecule has 0 spiro atoms. The van der Waals surface area contributed by atoms with E-state index in [9.17, 15) is 4.79 Å². The molecular weight excluding hydrogens is 250 g/mol. The van der Waals surface area contributed by atoms with Crippen LogP contribution in [0.1, 0.15) is 18.1 Å². The summed E-state index contributed by atoms with van der Waals surface area (Å²) in [6.07, 6.45) is 0.914. The van der Waals surface area contributed by atoms with Gasteiger partial charge in [0.05, 0.1) is 6.61 Å². The molecule has 1 N–H and O–H groups in total. The molecule has 0 aromatic heterocycles. The first kappa shape index (κ1) is 12.7. The van der Waals surface area contributed by atoms with Gasteiger partial charge in [0.25, 0.3) is 0 Å². The third-order valence-corrected chi connectivity index (χ3v) is 3.58. The van der Waals surface area contributed by atoms with Crippen molar-refractivity contribution < 1.29 is 9.53 Å². The second kappa shape index (κ2) is 5.37. The zero-order valence-corrected chi connectivity index (χ0v) is 11.5. The Morgan fingerprint density at radius 1 is 1.15 bits per heavy atom. The summed E-state index contributed by atoms with van der Waals surface area (Å²) >= 11 is 0. The molecule has 0 atom stereocenters. The molecule has 0 radical (unpaired) electrons. The van der Waals surface area contributed by atoms with Crippen LogP contribution < -0.4 is 5.32 Å². The molecule has 0 saturated heterocycles. The molecule has 1 aliphatic rings. The lowest BCUT2D eigenvalue weighted by Crippen LogP contribution is -2.17. The molecule has 3 rings (SSSR count). The van der Waals surface area contributed by atoms with Gasteiger partial charge in [-0.3, -0.25) is 4.79 Å². The fourth-order valence-corrected chi connectivity index (χ4v) is 2.70. The van der Waals surface area contributed by atoms with E-state index >= 15 is 0 Å². The van der Waals surface area contributed by atoms with Crippen molar-refractivity contribution in [2.24, 2.45) is 0 Å². The van der Waals surface area contributed by atoms with E-state index in [1.165, 1.54) is 22.3 Å². The predicted molar refractivity (Wildman–Crippen MR) is 79.8 cm³/mol. The average Bonchev–Trinajstić information content (AvgIpc) is 2.84. The van der Waals surface area contributed by atoms with Gasteiger partial charge >= 0.3 is 5.97 Å². The van der Waals surface area contributed by atoms with Crippen molar-refractivity contribution in [2.75, 3.05) is 18.5 Å². The Balaban J connectivity index is 1.84. The number of esters is 1. The van der Waals surface area contributed by atoms with Crippen LogP contribution in [0.5, 0.6) is 0 Å². The first-order valence-corrected chi connectivity index (χ1v) is 6.89. The van der Waals surface area contributed by atoms with Crippen LogP contribution in [-0.2, 0) is 16.0 Å². The second-order valence-electron chi connectivity index (χ2n) is 4.82. The van der Waals surface area contributed by atoms with Crippen molar-refractivity contribution in [1.82, 2.24) is 0 Å². The normalized spacial score (nSPS) is 11.7. The van der Waals surface area contributed by atoms with Gasteiger partial charge in [-0.25, -0.2) is 0 Å². The summed E-state index contributed by atoms with van der Waals surface area (Å²) in [6.45, 7) is 2.44. The molecule has 3 heteroatoms. The topological polar surface area (TPSA) is 38.3 Å². The van der Waals surface area contributed by atoms with Crippen LogP contribution in [-0.4, -0.2) is 19.1 Å². The molecule has 0 fully saturated rings. The zero-order valence-electron chi connectivity index (χ0n) is 11.5. The third-order valence-electron chi connectivity index (χ3n) is 3.58. The number of carbonyl (C=O) groups excluding carboxylic acids is 1. The standard InChI is InChI=1S/C17H17NO2/c1-2-20-17(19)11-18-16-9-5-8-14-13-7-4-3-6-12(13)10-15(14)16/h3-9,18H,2,10-11H2,1H3. The minimum atomic E-state index is -0.222. The van der Waals surface area contributed by atoms with E-state index in [0.29, 0.717) is 6.61 Å². The Kier molecular flexibility index (Phi) is 3.42. The van der Waals surface area contributed by atoms with Gasteiger partial charge in [-0.05, 0) is 35.2 Å². The largest absolute Gasteiger partial charge is 0.465 e. The van der Waals surface area contributed by atoms with Crippen LogP contribution in [0.4, 0.5) is 5.69 Å². The Labute approximate surface area is 118 Å². The SMILES string of the molecule is CCOC(=O)CNc1cccc2c1Cc1ccccc1-2. The summed E-state index contributed by atoms with van der Waals surface area (Å²) in [5, 5.41) is 3.19. The van der Waals surface area contributed by atoms with E-state index in [1.54, 1.807) is 0 Å². The molecule has 3 nitrogen and oxygen atoms in total. The highest BCUT2D eigenvalue weighted by molar-refractivity contribution is 5.83. The molecule has 102 valence electrons. The molecule has 0 heterocycles. The van der Waals surface area contributed by atoms with E-state index in [1.807, 2.05) is 19.1 Å². The Morgan fingerprint density at radius 3 is 2.80 bits per heavy atom. The quantitative estimate of drug-likeness (QED) is 0.737. The summed E-state index contributed by atoms with van der Waals surface area (Å²) in [5.41, 5.74) is 6.18. The van der Waals surface area contributed by atoms with Crippen molar-refractivity contribution >= 4 is 11.7 Å². The molecule has 0 amide bonds. The number of rotatable bonds is 4. The van der Waals surface area contributed by atoms with Crippen molar-refractivity contribution in [3.63, 3.8) is 0 Å². The highest BCUT2D eigenvalue weighted by Gasteiger charge is 2.20. The van der Waals surface area contributed by atoms with E-state index < -0.39 is 0 Å². The smallest absolute Gasteiger partial charge is 0.325 e. The number of hydrogen-bond acceptors (Lipinski definition) is 3. The summed E-state index contributed by atoms with van der Waals surface area (Å²) in [5.74, 6) is -0.222. The van der Waals surface area contributed by atoms with E-state index in [4.69, 9.17) is 4.74 Å². The molecule has 20 heavy (non-hydrogen) atoms. The second-order valence-corrected chi connectivity index (χ2v) is 4.82. The van der Waals surface area contributed by atoms with Gasteiger partial charge in [0.2, 0.25) is 0 Å². The molecule has 0 unspecified atom stereocenters. The van der Waals surface area contributed by atoms with Crippen LogP contribution in [0.15, 0.2) is 42.5 Å². The summed E-state index contributed by atoms with van der Waals surface area (Å²) in [4.78, 5) is 11.5. The van der Waals surface area contributed by atoms with Crippen molar-refractivity contribution in [3.8, 4) is 11.1 Å².